The summed E-state index contributed by atoms with van der Waals surface area (Å²) in [5, 5.41) is 8.55. The Balaban J connectivity index is 3.40. The zero-order chi connectivity index (χ0) is 10.9. The molecule has 0 atom stereocenters. The number of carbonyl (C=O) groups is 1. The van der Waals surface area contributed by atoms with Crippen LogP contribution in [0.25, 0.3) is 0 Å². The number of rotatable bonds is 2. The summed E-state index contributed by atoms with van der Waals surface area (Å²) >= 11 is 0. The lowest BCUT2D eigenvalue weighted by Crippen LogP contribution is -2.10. The predicted molar refractivity (Wildman–Crippen MR) is 45.0 cm³/mol. The Morgan fingerprint density at radius 3 is 2.50 bits per heavy atom. The van der Waals surface area contributed by atoms with Crippen LogP contribution in [0.15, 0.2) is 6.07 Å². The minimum atomic E-state index is -2.88. The summed E-state index contributed by atoms with van der Waals surface area (Å²) in [5.41, 5.74) is 8.49. The van der Waals surface area contributed by atoms with Gasteiger partial charge in [-0.3, -0.25) is 0 Å². The Kier molecular flexibility index (Phi) is 2.50. The number of anilines is 2. The molecule has 1 aromatic heterocycles. The zero-order valence-corrected chi connectivity index (χ0v) is 6.87. The number of aromatic nitrogens is 1. The Labute approximate surface area is 77.3 Å². The monoisotopic (exact) mass is 203 g/mol. The fourth-order valence-corrected chi connectivity index (χ4v) is 0.939. The third kappa shape index (κ3) is 1.70. The van der Waals surface area contributed by atoms with E-state index >= 15 is 0 Å². The van der Waals surface area contributed by atoms with E-state index in [2.05, 4.69) is 4.98 Å². The fraction of sp³-hybridized carbons (Fsp3) is 0.143. The molecule has 0 spiro atoms. The normalized spacial score (nSPS) is 10.5. The molecule has 0 aliphatic carbocycles. The van der Waals surface area contributed by atoms with Gasteiger partial charge < -0.3 is 16.6 Å². The molecule has 1 aromatic rings. The molecule has 14 heavy (non-hydrogen) atoms. The number of hydrogen-bond donors (Lipinski definition) is 3. The molecule has 0 unspecified atom stereocenters. The van der Waals surface area contributed by atoms with Gasteiger partial charge in [-0.25, -0.2) is 18.6 Å². The number of aromatic carboxylic acids is 1. The topological polar surface area (TPSA) is 102 Å². The highest BCUT2D eigenvalue weighted by atomic mass is 19.3. The first-order valence-corrected chi connectivity index (χ1v) is 3.50. The maximum Gasteiger partial charge on any atom is 0.356 e. The molecule has 0 bridgehead atoms. The maximum absolute atomic E-state index is 12.3. The summed E-state index contributed by atoms with van der Waals surface area (Å²) in [5.74, 6) is -1.79. The molecule has 0 saturated heterocycles. The van der Waals surface area contributed by atoms with Crippen LogP contribution in [-0.4, -0.2) is 16.1 Å². The first-order chi connectivity index (χ1) is 6.43. The van der Waals surface area contributed by atoms with Crippen molar-refractivity contribution in [2.75, 3.05) is 11.5 Å². The second-order valence-corrected chi connectivity index (χ2v) is 2.50. The summed E-state index contributed by atoms with van der Waals surface area (Å²) in [6.45, 7) is 0. The van der Waals surface area contributed by atoms with Crippen molar-refractivity contribution < 1.29 is 18.7 Å². The number of nitrogen functional groups attached to an aromatic ring is 2. The number of nitrogens with two attached hydrogens (primary N) is 2. The second kappa shape index (κ2) is 3.44. The Morgan fingerprint density at radius 1 is 1.50 bits per heavy atom. The minimum absolute atomic E-state index is 0.299. The van der Waals surface area contributed by atoms with E-state index < -0.39 is 29.3 Å². The van der Waals surface area contributed by atoms with E-state index in [0.29, 0.717) is 0 Å². The number of halogens is 2. The predicted octanol–water partition coefficient (Wildman–Crippen LogP) is 0.882. The van der Waals surface area contributed by atoms with Gasteiger partial charge in [0, 0.05) is 5.56 Å². The molecule has 0 amide bonds. The van der Waals surface area contributed by atoms with Crippen LogP contribution in [0, 0.1) is 0 Å². The molecule has 5 N–H and O–H groups in total. The number of alkyl halides is 2. The van der Waals surface area contributed by atoms with Crippen LogP contribution in [0.5, 0.6) is 0 Å². The number of carboxylic acids is 1. The van der Waals surface area contributed by atoms with E-state index in [1.807, 2.05) is 0 Å². The standard InChI is InChI=1S/C7H7F2N3O2/c8-6(9)2-1-3(10)12-5(4(2)11)7(13)14/h1,6H,11H2,(H2,10,12)(H,13,14). The van der Waals surface area contributed by atoms with Crippen molar-refractivity contribution in [3.05, 3.63) is 17.3 Å². The molecule has 0 radical (unpaired) electrons. The number of pyridine rings is 1. The van der Waals surface area contributed by atoms with Gasteiger partial charge in [-0.1, -0.05) is 0 Å². The summed E-state index contributed by atoms with van der Waals surface area (Å²) in [6, 6.07) is 0.854. The van der Waals surface area contributed by atoms with Gasteiger partial charge in [0.2, 0.25) is 0 Å². The van der Waals surface area contributed by atoms with Crippen molar-refractivity contribution in [2.45, 2.75) is 6.43 Å². The van der Waals surface area contributed by atoms with Gasteiger partial charge in [-0.15, -0.1) is 0 Å². The van der Waals surface area contributed by atoms with Crippen LogP contribution >= 0.6 is 0 Å². The minimum Gasteiger partial charge on any atom is -0.476 e. The Morgan fingerprint density at radius 2 is 2.07 bits per heavy atom. The van der Waals surface area contributed by atoms with Gasteiger partial charge in [-0.2, -0.15) is 0 Å². The molecule has 1 rings (SSSR count). The van der Waals surface area contributed by atoms with E-state index in [0.717, 1.165) is 6.07 Å². The van der Waals surface area contributed by atoms with Crippen LogP contribution in [0.2, 0.25) is 0 Å². The van der Waals surface area contributed by atoms with Crippen molar-refractivity contribution >= 4 is 17.5 Å². The van der Waals surface area contributed by atoms with Gasteiger partial charge in [0.25, 0.3) is 6.43 Å². The molecule has 0 fully saturated rings. The first-order valence-electron chi connectivity index (χ1n) is 3.50. The highest BCUT2D eigenvalue weighted by Gasteiger charge is 2.20. The van der Waals surface area contributed by atoms with Crippen molar-refractivity contribution in [1.82, 2.24) is 4.98 Å². The lowest BCUT2D eigenvalue weighted by atomic mass is 10.1. The number of hydrogen-bond acceptors (Lipinski definition) is 4. The summed E-state index contributed by atoms with van der Waals surface area (Å²) in [7, 11) is 0. The first kappa shape index (κ1) is 10.2. The average molecular weight is 203 g/mol. The van der Waals surface area contributed by atoms with Gasteiger partial charge in [-0.05, 0) is 6.07 Å². The van der Waals surface area contributed by atoms with E-state index in [-0.39, 0.29) is 5.82 Å². The summed E-state index contributed by atoms with van der Waals surface area (Å²) in [6.07, 6.45) is -2.88. The molecule has 5 nitrogen and oxygen atoms in total. The molecule has 7 heteroatoms. The van der Waals surface area contributed by atoms with Crippen molar-refractivity contribution in [1.29, 1.82) is 0 Å². The van der Waals surface area contributed by atoms with Crippen molar-refractivity contribution in [2.24, 2.45) is 0 Å². The third-order valence-corrected chi connectivity index (χ3v) is 1.55. The largest absolute Gasteiger partial charge is 0.476 e. The second-order valence-electron chi connectivity index (χ2n) is 2.50. The van der Waals surface area contributed by atoms with Gasteiger partial charge in [0.1, 0.15) is 5.82 Å². The van der Waals surface area contributed by atoms with E-state index in [1.54, 1.807) is 0 Å². The Bertz CT molecular complexity index is 381. The van der Waals surface area contributed by atoms with Crippen LogP contribution < -0.4 is 11.5 Å². The molecule has 76 valence electrons. The maximum atomic E-state index is 12.3. The lowest BCUT2D eigenvalue weighted by molar-refractivity contribution is 0.0691. The van der Waals surface area contributed by atoms with Crippen molar-refractivity contribution in [3.8, 4) is 0 Å². The molecule has 0 saturated carbocycles. The zero-order valence-electron chi connectivity index (χ0n) is 6.87. The molecular weight excluding hydrogens is 196 g/mol. The SMILES string of the molecule is Nc1cc(C(F)F)c(N)c(C(=O)O)n1. The van der Waals surface area contributed by atoms with Crippen molar-refractivity contribution in [3.63, 3.8) is 0 Å². The van der Waals surface area contributed by atoms with Crippen LogP contribution in [0.1, 0.15) is 22.5 Å². The third-order valence-electron chi connectivity index (χ3n) is 1.55. The van der Waals surface area contributed by atoms with Crippen LogP contribution in [0.3, 0.4) is 0 Å². The molecule has 0 aliphatic heterocycles. The summed E-state index contributed by atoms with van der Waals surface area (Å²) < 4.78 is 24.6. The number of carboxylic acid groups (broad SMARTS) is 1. The molecule has 0 aromatic carbocycles. The lowest BCUT2D eigenvalue weighted by Gasteiger charge is -2.07. The van der Waals surface area contributed by atoms with Gasteiger partial charge in [0.05, 0.1) is 5.69 Å². The van der Waals surface area contributed by atoms with Gasteiger partial charge >= 0.3 is 5.97 Å². The van der Waals surface area contributed by atoms with Gasteiger partial charge in [0.15, 0.2) is 5.69 Å². The quantitative estimate of drug-likeness (QED) is 0.662. The summed E-state index contributed by atoms with van der Waals surface area (Å²) in [4.78, 5) is 13.8. The average Bonchev–Trinajstić information content (AvgIpc) is 2.07. The van der Waals surface area contributed by atoms with E-state index in [4.69, 9.17) is 16.6 Å². The Hall–Kier alpha value is -1.92. The van der Waals surface area contributed by atoms with E-state index in [9.17, 15) is 13.6 Å². The highest BCUT2D eigenvalue weighted by molar-refractivity contribution is 5.92. The smallest absolute Gasteiger partial charge is 0.356 e. The van der Waals surface area contributed by atoms with Crippen LogP contribution in [-0.2, 0) is 0 Å². The molecule has 0 aliphatic rings. The highest BCUT2D eigenvalue weighted by Crippen LogP contribution is 2.28. The molecular formula is C7H7F2N3O2. The molecule has 1 heterocycles. The van der Waals surface area contributed by atoms with Crippen LogP contribution in [0.4, 0.5) is 20.3 Å². The number of nitrogens with zero attached hydrogens (tertiary/aromatic N) is 1. The van der Waals surface area contributed by atoms with E-state index in [1.165, 1.54) is 0 Å². The fourth-order valence-electron chi connectivity index (χ4n) is 0.939.